The molecule has 0 aromatic heterocycles. The maximum Gasteiger partial charge on any atom is 0.231 e. The Kier molecular flexibility index (Phi) is 3.31. The summed E-state index contributed by atoms with van der Waals surface area (Å²) in [5.74, 6) is 2.86. The SMILES string of the molecule is NCc1ccc(Br)cc1Oc1ccc2c(c1)OCO2. The van der Waals surface area contributed by atoms with Crippen molar-refractivity contribution in [1.29, 1.82) is 0 Å². The molecule has 5 heteroatoms. The normalized spacial score (nSPS) is 12.5. The lowest BCUT2D eigenvalue weighted by molar-refractivity contribution is 0.174. The predicted octanol–water partition coefficient (Wildman–Crippen LogP) is 3.43. The largest absolute Gasteiger partial charge is 0.457 e. The number of halogens is 1. The van der Waals surface area contributed by atoms with Gasteiger partial charge in [0, 0.05) is 22.6 Å². The van der Waals surface area contributed by atoms with Crippen molar-refractivity contribution in [3.05, 3.63) is 46.4 Å². The van der Waals surface area contributed by atoms with E-state index in [-0.39, 0.29) is 6.79 Å². The van der Waals surface area contributed by atoms with Crippen LogP contribution in [0.4, 0.5) is 0 Å². The van der Waals surface area contributed by atoms with Gasteiger partial charge in [0.15, 0.2) is 11.5 Å². The summed E-state index contributed by atoms with van der Waals surface area (Å²) in [6.07, 6.45) is 0. The Morgan fingerprint density at radius 2 is 1.95 bits per heavy atom. The molecule has 0 unspecified atom stereocenters. The molecule has 0 radical (unpaired) electrons. The molecule has 0 saturated heterocycles. The van der Waals surface area contributed by atoms with E-state index in [0.717, 1.165) is 21.5 Å². The molecule has 0 saturated carbocycles. The van der Waals surface area contributed by atoms with Crippen molar-refractivity contribution in [2.45, 2.75) is 6.54 Å². The van der Waals surface area contributed by atoms with Crippen LogP contribution in [0.25, 0.3) is 0 Å². The van der Waals surface area contributed by atoms with Gasteiger partial charge in [0.05, 0.1) is 0 Å². The Balaban J connectivity index is 1.90. The Morgan fingerprint density at radius 1 is 1.11 bits per heavy atom. The molecule has 98 valence electrons. The van der Waals surface area contributed by atoms with Gasteiger partial charge in [-0.1, -0.05) is 22.0 Å². The molecule has 0 aliphatic carbocycles. The Bertz CT molecular complexity index is 616. The second kappa shape index (κ2) is 5.11. The van der Waals surface area contributed by atoms with Crippen LogP contribution in [0.1, 0.15) is 5.56 Å². The van der Waals surface area contributed by atoms with Crippen molar-refractivity contribution in [1.82, 2.24) is 0 Å². The molecular weight excluding hydrogens is 310 g/mol. The van der Waals surface area contributed by atoms with Crippen LogP contribution >= 0.6 is 15.9 Å². The van der Waals surface area contributed by atoms with E-state index in [4.69, 9.17) is 19.9 Å². The monoisotopic (exact) mass is 321 g/mol. The third-order valence-electron chi connectivity index (χ3n) is 2.82. The molecule has 0 bridgehead atoms. The maximum absolute atomic E-state index is 5.86. The molecule has 0 atom stereocenters. The van der Waals surface area contributed by atoms with Gasteiger partial charge in [-0.2, -0.15) is 0 Å². The van der Waals surface area contributed by atoms with Crippen LogP contribution in [0.5, 0.6) is 23.0 Å². The lowest BCUT2D eigenvalue weighted by atomic mass is 10.2. The molecule has 1 aliphatic heterocycles. The van der Waals surface area contributed by atoms with E-state index in [9.17, 15) is 0 Å². The van der Waals surface area contributed by atoms with Crippen LogP contribution < -0.4 is 19.9 Å². The minimum atomic E-state index is 0.254. The molecule has 2 N–H and O–H groups in total. The Labute approximate surface area is 119 Å². The summed E-state index contributed by atoms with van der Waals surface area (Å²) in [4.78, 5) is 0. The number of fused-ring (bicyclic) bond motifs is 1. The van der Waals surface area contributed by atoms with Gasteiger partial charge in [-0.3, -0.25) is 0 Å². The summed E-state index contributed by atoms with van der Waals surface area (Å²) in [5.41, 5.74) is 6.65. The number of benzene rings is 2. The first kappa shape index (κ1) is 12.3. The molecule has 2 aromatic carbocycles. The van der Waals surface area contributed by atoms with Gasteiger partial charge in [0.1, 0.15) is 11.5 Å². The highest BCUT2D eigenvalue weighted by Gasteiger charge is 2.14. The van der Waals surface area contributed by atoms with Crippen LogP contribution in [0, 0.1) is 0 Å². The number of hydrogen-bond donors (Lipinski definition) is 1. The topological polar surface area (TPSA) is 53.7 Å². The van der Waals surface area contributed by atoms with Crippen molar-refractivity contribution in [2.24, 2.45) is 5.73 Å². The van der Waals surface area contributed by atoms with Crippen molar-refractivity contribution in [3.8, 4) is 23.0 Å². The second-order valence-corrected chi connectivity index (χ2v) is 4.99. The van der Waals surface area contributed by atoms with Gasteiger partial charge in [0.25, 0.3) is 0 Å². The van der Waals surface area contributed by atoms with Gasteiger partial charge in [-0.05, 0) is 24.3 Å². The predicted molar refractivity (Wildman–Crippen MR) is 74.7 cm³/mol. The zero-order valence-corrected chi connectivity index (χ0v) is 11.6. The number of rotatable bonds is 3. The molecular formula is C14H12BrNO3. The van der Waals surface area contributed by atoms with Gasteiger partial charge >= 0.3 is 0 Å². The van der Waals surface area contributed by atoms with Crippen molar-refractivity contribution in [2.75, 3.05) is 6.79 Å². The molecule has 0 spiro atoms. The number of ether oxygens (including phenoxy) is 3. The molecule has 3 rings (SSSR count). The van der Waals surface area contributed by atoms with Crippen LogP contribution in [0.3, 0.4) is 0 Å². The van der Waals surface area contributed by atoms with Crippen molar-refractivity contribution < 1.29 is 14.2 Å². The first-order valence-electron chi connectivity index (χ1n) is 5.82. The third-order valence-corrected chi connectivity index (χ3v) is 3.31. The van der Waals surface area contributed by atoms with Gasteiger partial charge < -0.3 is 19.9 Å². The second-order valence-electron chi connectivity index (χ2n) is 4.07. The smallest absolute Gasteiger partial charge is 0.231 e. The van der Waals surface area contributed by atoms with Crippen LogP contribution in [-0.4, -0.2) is 6.79 Å². The van der Waals surface area contributed by atoms with Gasteiger partial charge in [-0.25, -0.2) is 0 Å². The van der Waals surface area contributed by atoms with Gasteiger partial charge in [0.2, 0.25) is 6.79 Å². The van der Waals surface area contributed by atoms with Crippen molar-refractivity contribution >= 4 is 15.9 Å². The van der Waals surface area contributed by atoms with Crippen LogP contribution in [-0.2, 0) is 6.54 Å². The fourth-order valence-electron chi connectivity index (χ4n) is 1.86. The van der Waals surface area contributed by atoms with E-state index < -0.39 is 0 Å². The molecule has 4 nitrogen and oxygen atoms in total. The fourth-order valence-corrected chi connectivity index (χ4v) is 2.20. The summed E-state index contributed by atoms with van der Waals surface area (Å²) in [7, 11) is 0. The maximum atomic E-state index is 5.86. The summed E-state index contributed by atoms with van der Waals surface area (Å²) in [5, 5.41) is 0. The fraction of sp³-hybridized carbons (Fsp3) is 0.143. The summed E-state index contributed by atoms with van der Waals surface area (Å²) >= 11 is 3.42. The average molecular weight is 322 g/mol. The van der Waals surface area contributed by atoms with Crippen LogP contribution in [0.15, 0.2) is 40.9 Å². The summed E-state index contributed by atoms with van der Waals surface area (Å²) in [6, 6.07) is 11.3. The minimum absolute atomic E-state index is 0.254. The van der Waals surface area contributed by atoms with E-state index in [2.05, 4.69) is 15.9 Å². The van der Waals surface area contributed by atoms with E-state index in [0.29, 0.717) is 18.0 Å². The number of hydrogen-bond acceptors (Lipinski definition) is 4. The highest BCUT2D eigenvalue weighted by molar-refractivity contribution is 9.10. The quantitative estimate of drug-likeness (QED) is 0.941. The zero-order chi connectivity index (χ0) is 13.2. The molecule has 2 aromatic rings. The first-order valence-corrected chi connectivity index (χ1v) is 6.61. The lowest BCUT2D eigenvalue weighted by Crippen LogP contribution is -1.99. The minimum Gasteiger partial charge on any atom is -0.457 e. The first-order chi connectivity index (χ1) is 9.26. The summed E-state index contributed by atoms with van der Waals surface area (Å²) in [6.45, 7) is 0.677. The molecule has 0 fully saturated rings. The zero-order valence-electron chi connectivity index (χ0n) is 10.1. The third kappa shape index (κ3) is 2.52. The number of nitrogens with two attached hydrogens (primary N) is 1. The molecule has 19 heavy (non-hydrogen) atoms. The summed E-state index contributed by atoms with van der Waals surface area (Å²) < 4.78 is 17.4. The highest BCUT2D eigenvalue weighted by Crippen LogP contribution is 2.37. The van der Waals surface area contributed by atoms with E-state index in [1.807, 2.05) is 36.4 Å². The molecule has 0 amide bonds. The standard InChI is InChI=1S/C14H12BrNO3/c15-10-2-1-9(7-16)13(5-10)19-11-3-4-12-14(6-11)18-8-17-12/h1-6H,7-8,16H2. The lowest BCUT2D eigenvalue weighted by Gasteiger charge is -2.11. The Morgan fingerprint density at radius 3 is 2.79 bits per heavy atom. The Hall–Kier alpha value is -1.72. The van der Waals surface area contributed by atoms with Crippen LogP contribution in [0.2, 0.25) is 0 Å². The average Bonchev–Trinajstić information content (AvgIpc) is 2.86. The van der Waals surface area contributed by atoms with E-state index in [1.54, 1.807) is 0 Å². The van der Waals surface area contributed by atoms with E-state index >= 15 is 0 Å². The van der Waals surface area contributed by atoms with Gasteiger partial charge in [-0.15, -0.1) is 0 Å². The highest BCUT2D eigenvalue weighted by atomic mass is 79.9. The van der Waals surface area contributed by atoms with E-state index in [1.165, 1.54) is 0 Å². The van der Waals surface area contributed by atoms with Crippen molar-refractivity contribution in [3.63, 3.8) is 0 Å². The molecule has 1 aliphatic rings. The molecule has 1 heterocycles.